The van der Waals surface area contributed by atoms with Gasteiger partial charge in [0.25, 0.3) is 0 Å². The first-order chi connectivity index (χ1) is 4.06. The molecule has 0 bridgehead atoms. The molecule has 0 spiro atoms. The molecule has 0 amide bonds. The van der Waals surface area contributed by atoms with Crippen LogP contribution in [0.4, 0.5) is 0 Å². The molecule has 0 aliphatic rings. The molecule has 0 aromatic rings. The molecule has 0 saturated heterocycles. The molecule has 0 aliphatic carbocycles. The molecule has 0 aliphatic heterocycles. The van der Waals surface area contributed by atoms with Crippen molar-refractivity contribution in [1.29, 1.82) is 0 Å². The molecule has 0 rings (SSSR count). The summed E-state index contributed by atoms with van der Waals surface area (Å²) in [6, 6.07) is 0. The van der Waals surface area contributed by atoms with E-state index in [1.165, 1.54) is 0 Å². The van der Waals surface area contributed by atoms with Crippen molar-refractivity contribution in [2.75, 3.05) is 19.6 Å². The SMILES string of the molecule is CC(C)(S)CNCCN. The second kappa shape index (κ2) is 4.14. The molecule has 0 fully saturated rings. The van der Waals surface area contributed by atoms with Crippen LogP contribution in [-0.4, -0.2) is 24.4 Å². The van der Waals surface area contributed by atoms with Crippen molar-refractivity contribution in [2.45, 2.75) is 18.6 Å². The monoisotopic (exact) mass is 148 g/mol. The molecule has 3 heteroatoms. The number of hydrogen-bond acceptors (Lipinski definition) is 3. The Kier molecular flexibility index (Phi) is 4.27. The molecule has 0 unspecified atom stereocenters. The van der Waals surface area contributed by atoms with E-state index >= 15 is 0 Å². The average molecular weight is 148 g/mol. The maximum atomic E-state index is 5.27. The van der Waals surface area contributed by atoms with Gasteiger partial charge in [-0.2, -0.15) is 12.6 Å². The van der Waals surface area contributed by atoms with Crippen LogP contribution in [0.15, 0.2) is 0 Å². The zero-order valence-corrected chi connectivity index (χ0v) is 7.04. The lowest BCUT2D eigenvalue weighted by molar-refractivity contribution is 0.598. The van der Waals surface area contributed by atoms with Crippen LogP contribution < -0.4 is 11.1 Å². The second-order valence-corrected chi connectivity index (χ2v) is 3.99. The number of hydrogen-bond donors (Lipinski definition) is 3. The van der Waals surface area contributed by atoms with Crippen LogP contribution in [0.2, 0.25) is 0 Å². The van der Waals surface area contributed by atoms with Crippen LogP contribution in [0.3, 0.4) is 0 Å². The van der Waals surface area contributed by atoms with E-state index in [0.29, 0.717) is 6.54 Å². The lowest BCUT2D eigenvalue weighted by atomic mass is 10.2. The van der Waals surface area contributed by atoms with E-state index in [9.17, 15) is 0 Å². The van der Waals surface area contributed by atoms with E-state index in [0.717, 1.165) is 13.1 Å². The fourth-order valence-corrected chi connectivity index (χ4v) is 0.608. The summed E-state index contributed by atoms with van der Waals surface area (Å²) >= 11 is 4.32. The summed E-state index contributed by atoms with van der Waals surface area (Å²) in [4.78, 5) is 0. The molecule has 0 atom stereocenters. The second-order valence-electron chi connectivity index (χ2n) is 2.78. The van der Waals surface area contributed by atoms with Crippen molar-refractivity contribution >= 4 is 12.6 Å². The van der Waals surface area contributed by atoms with Crippen molar-refractivity contribution in [3.63, 3.8) is 0 Å². The minimum absolute atomic E-state index is 0.0785. The molecule has 0 heterocycles. The van der Waals surface area contributed by atoms with Crippen LogP contribution in [-0.2, 0) is 0 Å². The first-order valence-electron chi connectivity index (χ1n) is 3.19. The lowest BCUT2D eigenvalue weighted by Crippen LogP contribution is -2.33. The standard InChI is InChI=1S/C6H16N2S/c1-6(2,9)5-8-4-3-7/h8-9H,3-5,7H2,1-2H3. The Morgan fingerprint density at radius 2 is 2.11 bits per heavy atom. The van der Waals surface area contributed by atoms with Crippen molar-refractivity contribution < 1.29 is 0 Å². The fourth-order valence-electron chi connectivity index (χ4n) is 0.496. The Labute approximate surface area is 62.6 Å². The van der Waals surface area contributed by atoms with Gasteiger partial charge in [-0.15, -0.1) is 0 Å². The smallest absolute Gasteiger partial charge is 0.0198 e. The molecule has 0 aromatic carbocycles. The molecule has 56 valence electrons. The van der Waals surface area contributed by atoms with Gasteiger partial charge in [0.2, 0.25) is 0 Å². The van der Waals surface area contributed by atoms with Crippen molar-refractivity contribution in [3.8, 4) is 0 Å². The van der Waals surface area contributed by atoms with Gasteiger partial charge < -0.3 is 11.1 Å². The number of nitrogens with two attached hydrogens (primary N) is 1. The van der Waals surface area contributed by atoms with Crippen molar-refractivity contribution in [1.82, 2.24) is 5.32 Å². The third-order valence-electron chi connectivity index (χ3n) is 0.879. The van der Waals surface area contributed by atoms with Crippen LogP contribution in [0, 0.1) is 0 Å². The molecule has 9 heavy (non-hydrogen) atoms. The summed E-state index contributed by atoms with van der Waals surface area (Å²) in [6.45, 7) is 6.63. The highest BCUT2D eigenvalue weighted by atomic mass is 32.1. The maximum absolute atomic E-state index is 5.27. The zero-order chi connectivity index (χ0) is 7.33. The molecule has 0 saturated carbocycles. The molecular formula is C6H16N2S. The van der Waals surface area contributed by atoms with E-state index in [2.05, 4.69) is 31.8 Å². The summed E-state index contributed by atoms with van der Waals surface area (Å²) in [7, 11) is 0. The normalized spacial score (nSPS) is 12.0. The van der Waals surface area contributed by atoms with E-state index in [1.54, 1.807) is 0 Å². The third kappa shape index (κ3) is 8.27. The van der Waals surface area contributed by atoms with Gasteiger partial charge in [0.15, 0.2) is 0 Å². The van der Waals surface area contributed by atoms with E-state index < -0.39 is 0 Å². The average Bonchev–Trinajstić information content (AvgIpc) is 1.63. The van der Waals surface area contributed by atoms with E-state index in [-0.39, 0.29) is 4.75 Å². The number of thiol groups is 1. The van der Waals surface area contributed by atoms with Gasteiger partial charge in [0.05, 0.1) is 0 Å². The highest BCUT2D eigenvalue weighted by Gasteiger charge is 2.08. The Morgan fingerprint density at radius 3 is 2.44 bits per heavy atom. The first-order valence-corrected chi connectivity index (χ1v) is 3.64. The predicted octanol–water partition coefficient (Wildman–Crippen LogP) is 0.243. The Balaban J connectivity index is 3.07. The quantitative estimate of drug-likeness (QED) is 0.395. The largest absolute Gasteiger partial charge is 0.329 e. The Hall–Kier alpha value is 0.270. The van der Waals surface area contributed by atoms with Crippen LogP contribution in [0.5, 0.6) is 0 Å². The Bertz CT molecular complexity index is 67.9. The van der Waals surface area contributed by atoms with Crippen LogP contribution >= 0.6 is 12.6 Å². The van der Waals surface area contributed by atoms with E-state index in [1.807, 2.05) is 0 Å². The van der Waals surface area contributed by atoms with Gasteiger partial charge in [-0.1, -0.05) is 0 Å². The zero-order valence-electron chi connectivity index (χ0n) is 6.15. The summed E-state index contributed by atoms with van der Waals surface area (Å²) in [5.74, 6) is 0. The highest BCUT2D eigenvalue weighted by molar-refractivity contribution is 7.81. The molecule has 3 N–H and O–H groups in total. The number of rotatable bonds is 4. The number of nitrogens with one attached hydrogen (secondary N) is 1. The molecule has 0 aromatic heterocycles. The van der Waals surface area contributed by atoms with Gasteiger partial charge in [0, 0.05) is 24.4 Å². The minimum atomic E-state index is 0.0785. The van der Waals surface area contributed by atoms with Crippen molar-refractivity contribution in [2.24, 2.45) is 5.73 Å². The first kappa shape index (κ1) is 9.27. The molecule has 2 nitrogen and oxygen atoms in total. The summed E-state index contributed by atoms with van der Waals surface area (Å²) < 4.78 is 0.0785. The van der Waals surface area contributed by atoms with E-state index in [4.69, 9.17) is 5.73 Å². The maximum Gasteiger partial charge on any atom is 0.0198 e. The highest BCUT2D eigenvalue weighted by Crippen LogP contribution is 2.08. The third-order valence-corrected chi connectivity index (χ3v) is 1.04. The van der Waals surface area contributed by atoms with Crippen LogP contribution in [0.1, 0.15) is 13.8 Å². The predicted molar refractivity (Wildman–Crippen MR) is 45.0 cm³/mol. The van der Waals surface area contributed by atoms with Gasteiger partial charge >= 0.3 is 0 Å². The van der Waals surface area contributed by atoms with Gasteiger partial charge in [-0.3, -0.25) is 0 Å². The summed E-state index contributed by atoms with van der Waals surface area (Å²) in [6.07, 6.45) is 0. The topological polar surface area (TPSA) is 38.0 Å². The minimum Gasteiger partial charge on any atom is -0.329 e. The van der Waals surface area contributed by atoms with Gasteiger partial charge in [-0.25, -0.2) is 0 Å². The van der Waals surface area contributed by atoms with Crippen molar-refractivity contribution in [3.05, 3.63) is 0 Å². The van der Waals surface area contributed by atoms with Gasteiger partial charge in [0.1, 0.15) is 0 Å². The molecular weight excluding hydrogens is 132 g/mol. The van der Waals surface area contributed by atoms with Crippen LogP contribution in [0.25, 0.3) is 0 Å². The summed E-state index contributed by atoms with van der Waals surface area (Å²) in [5.41, 5.74) is 5.27. The lowest BCUT2D eigenvalue weighted by Gasteiger charge is -2.17. The fraction of sp³-hybridized carbons (Fsp3) is 1.00. The molecule has 0 radical (unpaired) electrons. The Morgan fingerprint density at radius 1 is 1.56 bits per heavy atom. The summed E-state index contributed by atoms with van der Waals surface area (Å²) in [5, 5.41) is 3.17. The van der Waals surface area contributed by atoms with Gasteiger partial charge in [-0.05, 0) is 13.8 Å².